The molecule has 3 amide bonds. The monoisotopic (exact) mass is 404 g/mol. The van der Waals surface area contributed by atoms with E-state index in [-0.39, 0.29) is 49.6 Å². The van der Waals surface area contributed by atoms with E-state index in [1.807, 2.05) is 18.7 Å². The van der Waals surface area contributed by atoms with Crippen LogP contribution in [0, 0.1) is 5.92 Å². The highest BCUT2D eigenvalue weighted by atomic mass is 16.7. The summed E-state index contributed by atoms with van der Waals surface area (Å²) in [4.78, 5) is 38.1. The van der Waals surface area contributed by atoms with E-state index in [4.69, 9.17) is 9.47 Å². The van der Waals surface area contributed by atoms with E-state index >= 15 is 0 Å². The number of piperidine rings is 1. The Morgan fingerprint density at radius 3 is 2.55 bits per heavy atom. The average Bonchev–Trinajstić information content (AvgIpc) is 3.14. The van der Waals surface area contributed by atoms with Gasteiger partial charge in [0, 0.05) is 23.7 Å². The summed E-state index contributed by atoms with van der Waals surface area (Å²) in [5, 5.41) is 8.28. The molecule has 9 heteroatoms. The molecule has 2 aliphatic heterocycles. The predicted molar refractivity (Wildman–Crippen MR) is 107 cm³/mol. The van der Waals surface area contributed by atoms with Crippen LogP contribution >= 0.6 is 0 Å². The Bertz CT molecular complexity index is 759. The van der Waals surface area contributed by atoms with Gasteiger partial charge in [-0.1, -0.05) is 0 Å². The SMILES string of the molecule is CC(C)NC(=O)CNC(=O)CN1CCC(C(=O)Nc2ccc3c(c2)OCO3)CC1. The number of carbonyl (C=O) groups is 3. The summed E-state index contributed by atoms with van der Waals surface area (Å²) in [6.45, 7) is 5.45. The fraction of sp³-hybridized carbons (Fsp3) is 0.550. The Morgan fingerprint density at radius 1 is 1.10 bits per heavy atom. The fourth-order valence-electron chi connectivity index (χ4n) is 3.38. The van der Waals surface area contributed by atoms with Crippen molar-refractivity contribution in [3.05, 3.63) is 18.2 Å². The van der Waals surface area contributed by atoms with Crippen LogP contribution in [0.4, 0.5) is 5.69 Å². The van der Waals surface area contributed by atoms with Gasteiger partial charge in [0.25, 0.3) is 0 Å². The first kappa shape index (κ1) is 20.9. The van der Waals surface area contributed by atoms with Crippen LogP contribution in [0.25, 0.3) is 0 Å². The number of likely N-dealkylation sites (tertiary alicyclic amines) is 1. The van der Waals surface area contributed by atoms with Crippen LogP contribution in [0.3, 0.4) is 0 Å². The van der Waals surface area contributed by atoms with Crippen LogP contribution in [0.1, 0.15) is 26.7 Å². The second-order valence-electron chi connectivity index (χ2n) is 7.61. The number of nitrogens with one attached hydrogen (secondary N) is 3. The number of hydrogen-bond donors (Lipinski definition) is 3. The molecule has 0 aromatic heterocycles. The van der Waals surface area contributed by atoms with E-state index in [1.165, 1.54) is 0 Å². The second kappa shape index (κ2) is 9.60. The van der Waals surface area contributed by atoms with Gasteiger partial charge in [-0.05, 0) is 51.9 Å². The van der Waals surface area contributed by atoms with Crippen LogP contribution < -0.4 is 25.4 Å². The Morgan fingerprint density at radius 2 is 1.83 bits per heavy atom. The molecule has 1 saturated heterocycles. The number of fused-ring (bicyclic) bond motifs is 1. The van der Waals surface area contributed by atoms with Gasteiger partial charge in [0.2, 0.25) is 24.5 Å². The van der Waals surface area contributed by atoms with Gasteiger partial charge in [-0.15, -0.1) is 0 Å². The quantitative estimate of drug-likeness (QED) is 0.618. The first-order valence-corrected chi connectivity index (χ1v) is 9.89. The van der Waals surface area contributed by atoms with E-state index in [2.05, 4.69) is 16.0 Å². The van der Waals surface area contributed by atoms with Crippen molar-refractivity contribution in [2.45, 2.75) is 32.7 Å². The van der Waals surface area contributed by atoms with Gasteiger partial charge in [-0.2, -0.15) is 0 Å². The minimum Gasteiger partial charge on any atom is -0.454 e. The van der Waals surface area contributed by atoms with Gasteiger partial charge in [-0.25, -0.2) is 0 Å². The lowest BCUT2D eigenvalue weighted by atomic mass is 9.96. The molecular formula is C20H28N4O5. The number of carbonyl (C=O) groups excluding carboxylic acids is 3. The Kier molecular flexibility index (Phi) is 6.92. The normalized spacial score (nSPS) is 16.5. The molecule has 1 aromatic rings. The molecule has 1 aromatic carbocycles. The predicted octanol–water partition coefficient (Wildman–Crippen LogP) is 0.707. The minimum atomic E-state index is -0.202. The number of anilines is 1. The van der Waals surface area contributed by atoms with Crippen LogP contribution in [0.2, 0.25) is 0 Å². The number of benzene rings is 1. The molecule has 0 saturated carbocycles. The molecule has 158 valence electrons. The summed E-state index contributed by atoms with van der Waals surface area (Å²) in [6.07, 6.45) is 1.36. The number of nitrogens with zero attached hydrogens (tertiary/aromatic N) is 1. The Hall–Kier alpha value is -2.81. The van der Waals surface area contributed by atoms with E-state index in [0.717, 1.165) is 0 Å². The lowest BCUT2D eigenvalue weighted by molar-refractivity contribution is -0.127. The molecule has 3 N–H and O–H groups in total. The maximum Gasteiger partial charge on any atom is 0.239 e. The standard InChI is InChI=1S/C20H28N4O5/c1-13(2)22-18(25)10-21-19(26)11-24-7-5-14(6-8-24)20(27)23-15-3-4-16-17(9-15)29-12-28-16/h3-4,9,13-14H,5-8,10-12H2,1-2H3,(H,21,26)(H,22,25)(H,23,27). The van der Waals surface area contributed by atoms with E-state index in [1.54, 1.807) is 18.2 Å². The highest BCUT2D eigenvalue weighted by Crippen LogP contribution is 2.34. The molecule has 0 aliphatic carbocycles. The zero-order chi connectivity index (χ0) is 20.8. The van der Waals surface area contributed by atoms with E-state index < -0.39 is 0 Å². The maximum absolute atomic E-state index is 12.5. The zero-order valence-corrected chi connectivity index (χ0v) is 16.8. The van der Waals surface area contributed by atoms with E-state index in [9.17, 15) is 14.4 Å². The summed E-state index contributed by atoms with van der Waals surface area (Å²) < 4.78 is 10.6. The molecule has 29 heavy (non-hydrogen) atoms. The smallest absolute Gasteiger partial charge is 0.239 e. The Balaban J connectivity index is 1.38. The molecule has 9 nitrogen and oxygen atoms in total. The van der Waals surface area contributed by atoms with Crippen molar-refractivity contribution in [1.82, 2.24) is 15.5 Å². The fourth-order valence-corrected chi connectivity index (χ4v) is 3.38. The van der Waals surface area contributed by atoms with Crippen molar-refractivity contribution in [1.29, 1.82) is 0 Å². The number of amides is 3. The number of hydrogen-bond acceptors (Lipinski definition) is 6. The molecular weight excluding hydrogens is 376 g/mol. The first-order chi connectivity index (χ1) is 13.9. The van der Waals surface area contributed by atoms with Gasteiger partial charge in [-0.3, -0.25) is 19.3 Å². The average molecular weight is 404 g/mol. The third-order valence-corrected chi connectivity index (χ3v) is 4.86. The Labute approximate surface area is 170 Å². The van der Waals surface area contributed by atoms with Gasteiger partial charge in [0.05, 0.1) is 13.1 Å². The van der Waals surface area contributed by atoms with Crippen molar-refractivity contribution < 1.29 is 23.9 Å². The first-order valence-electron chi connectivity index (χ1n) is 9.89. The molecule has 0 bridgehead atoms. The highest BCUT2D eigenvalue weighted by molar-refractivity contribution is 5.93. The van der Waals surface area contributed by atoms with Crippen LogP contribution in [-0.4, -0.2) is 61.6 Å². The summed E-state index contributed by atoms with van der Waals surface area (Å²) in [5.41, 5.74) is 0.681. The highest BCUT2D eigenvalue weighted by Gasteiger charge is 2.26. The van der Waals surface area contributed by atoms with Gasteiger partial charge >= 0.3 is 0 Å². The maximum atomic E-state index is 12.5. The summed E-state index contributed by atoms with van der Waals surface area (Å²) in [6, 6.07) is 5.37. The van der Waals surface area contributed by atoms with E-state index in [0.29, 0.717) is 43.1 Å². The zero-order valence-electron chi connectivity index (χ0n) is 16.8. The molecule has 2 heterocycles. The third kappa shape index (κ3) is 6.08. The van der Waals surface area contributed by atoms with Crippen LogP contribution in [0.15, 0.2) is 18.2 Å². The van der Waals surface area contributed by atoms with Gasteiger partial charge in [0.1, 0.15) is 0 Å². The molecule has 1 fully saturated rings. The molecule has 0 spiro atoms. The summed E-state index contributed by atoms with van der Waals surface area (Å²) >= 11 is 0. The summed E-state index contributed by atoms with van der Waals surface area (Å²) in [7, 11) is 0. The lowest BCUT2D eigenvalue weighted by Gasteiger charge is -2.30. The largest absolute Gasteiger partial charge is 0.454 e. The van der Waals surface area contributed by atoms with Crippen LogP contribution in [-0.2, 0) is 14.4 Å². The molecule has 0 atom stereocenters. The van der Waals surface area contributed by atoms with Gasteiger partial charge in [0.15, 0.2) is 11.5 Å². The van der Waals surface area contributed by atoms with Crippen molar-refractivity contribution >= 4 is 23.4 Å². The minimum absolute atomic E-state index is 0.0224. The number of rotatable bonds is 7. The van der Waals surface area contributed by atoms with Crippen molar-refractivity contribution in [2.75, 3.05) is 38.3 Å². The van der Waals surface area contributed by atoms with Crippen molar-refractivity contribution in [2.24, 2.45) is 5.92 Å². The second-order valence-corrected chi connectivity index (χ2v) is 7.61. The van der Waals surface area contributed by atoms with Crippen LogP contribution in [0.5, 0.6) is 11.5 Å². The number of ether oxygens (including phenoxy) is 2. The van der Waals surface area contributed by atoms with Crippen molar-refractivity contribution in [3.8, 4) is 11.5 Å². The molecule has 3 rings (SSSR count). The summed E-state index contributed by atoms with van der Waals surface area (Å²) in [5.74, 6) is 0.788. The third-order valence-electron chi connectivity index (χ3n) is 4.86. The van der Waals surface area contributed by atoms with Crippen molar-refractivity contribution in [3.63, 3.8) is 0 Å². The topological polar surface area (TPSA) is 109 Å². The molecule has 0 unspecified atom stereocenters. The molecule has 0 radical (unpaired) electrons. The molecule has 2 aliphatic rings. The lowest BCUT2D eigenvalue weighted by Crippen LogP contribution is -2.46. The van der Waals surface area contributed by atoms with Gasteiger partial charge < -0.3 is 25.4 Å².